The molecule has 0 radical (unpaired) electrons. The molecular formula is C20H24N4OS2. The summed E-state index contributed by atoms with van der Waals surface area (Å²) in [5.41, 5.74) is 2.15. The minimum absolute atomic E-state index is 0.0497. The van der Waals surface area contributed by atoms with Gasteiger partial charge in [0.25, 0.3) is 0 Å². The van der Waals surface area contributed by atoms with Crippen molar-refractivity contribution in [3.8, 4) is 0 Å². The molecule has 0 saturated carbocycles. The molecule has 0 unspecified atom stereocenters. The fourth-order valence-electron chi connectivity index (χ4n) is 2.57. The van der Waals surface area contributed by atoms with Crippen LogP contribution in [0.5, 0.6) is 0 Å². The molecule has 0 bridgehead atoms. The molecular weight excluding hydrogens is 376 g/mol. The van der Waals surface area contributed by atoms with Gasteiger partial charge in [0.15, 0.2) is 5.16 Å². The summed E-state index contributed by atoms with van der Waals surface area (Å²) in [4.78, 5) is 13.5. The normalized spacial score (nSPS) is 11.6. The maximum absolute atomic E-state index is 12.3. The number of anilines is 1. The average Bonchev–Trinajstić information content (AvgIpc) is 3.24. The highest BCUT2D eigenvalue weighted by Crippen LogP contribution is 2.24. The molecule has 2 heterocycles. The third kappa shape index (κ3) is 5.20. The standard InChI is InChI=1S/C20H24N4OS2/c1-20(2,3)14-7-9-15(10-8-14)21-18(25)13-27-19-23-22-17(24(19)4)12-16-6-5-11-26-16/h5-11H,12-13H2,1-4H3,(H,21,25). The lowest BCUT2D eigenvalue weighted by Crippen LogP contribution is -2.15. The van der Waals surface area contributed by atoms with Crippen molar-refractivity contribution in [3.05, 3.63) is 58.0 Å². The topological polar surface area (TPSA) is 59.8 Å². The summed E-state index contributed by atoms with van der Waals surface area (Å²) >= 11 is 3.10. The molecule has 3 rings (SSSR count). The summed E-state index contributed by atoms with van der Waals surface area (Å²) in [6.45, 7) is 6.51. The number of carbonyl (C=O) groups excluding carboxylic acids is 1. The Kier molecular flexibility index (Phi) is 6.01. The van der Waals surface area contributed by atoms with E-state index in [0.717, 1.165) is 23.1 Å². The van der Waals surface area contributed by atoms with Gasteiger partial charge in [0.05, 0.1) is 5.75 Å². The molecule has 0 fully saturated rings. The van der Waals surface area contributed by atoms with Gasteiger partial charge in [-0.3, -0.25) is 4.79 Å². The lowest BCUT2D eigenvalue weighted by Gasteiger charge is -2.19. The molecule has 142 valence electrons. The molecule has 1 aromatic carbocycles. The lowest BCUT2D eigenvalue weighted by atomic mass is 9.87. The largest absolute Gasteiger partial charge is 0.325 e. The van der Waals surface area contributed by atoms with Crippen LogP contribution in [0.15, 0.2) is 46.9 Å². The van der Waals surface area contributed by atoms with E-state index in [4.69, 9.17) is 0 Å². The highest BCUT2D eigenvalue weighted by Gasteiger charge is 2.14. The predicted molar refractivity (Wildman–Crippen MR) is 113 cm³/mol. The molecule has 0 spiro atoms. The van der Waals surface area contributed by atoms with E-state index in [9.17, 15) is 4.79 Å². The Hall–Kier alpha value is -2.12. The van der Waals surface area contributed by atoms with Gasteiger partial charge in [-0.05, 0) is 34.6 Å². The number of carbonyl (C=O) groups is 1. The summed E-state index contributed by atoms with van der Waals surface area (Å²) in [7, 11) is 1.94. The molecule has 2 aromatic heterocycles. The zero-order chi connectivity index (χ0) is 19.4. The number of benzene rings is 1. The van der Waals surface area contributed by atoms with Crippen molar-refractivity contribution < 1.29 is 4.79 Å². The van der Waals surface area contributed by atoms with Gasteiger partial charge in [-0.25, -0.2) is 0 Å². The van der Waals surface area contributed by atoms with Gasteiger partial charge in [0, 0.05) is 24.0 Å². The smallest absolute Gasteiger partial charge is 0.234 e. The Morgan fingerprint density at radius 3 is 2.56 bits per heavy atom. The Morgan fingerprint density at radius 2 is 1.93 bits per heavy atom. The van der Waals surface area contributed by atoms with E-state index in [-0.39, 0.29) is 11.3 Å². The van der Waals surface area contributed by atoms with Crippen molar-refractivity contribution in [2.75, 3.05) is 11.1 Å². The van der Waals surface area contributed by atoms with E-state index in [1.54, 1.807) is 11.3 Å². The number of amides is 1. The van der Waals surface area contributed by atoms with Gasteiger partial charge in [0.1, 0.15) is 5.82 Å². The molecule has 0 atom stereocenters. The number of aromatic nitrogens is 3. The van der Waals surface area contributed by atoms with Crippen LogP contribution >= 0.6 is 23.1 Å². The second-order valence-electron chi connectivity index (χ2n) is 7.38. The first-order valence-electron chi connectivity index (χ1n) is 8.77. The van der Waals surface area contributed by atoms with Gasteiger partial charge in [-0.2, -0.15) is 0 Å². The van der Waals surface area contributed by atoms with Crippen LogP contribution in [0.2, 0.25) is 0 Å². The average molecular weight is 401 g/mol. The maximum atomic E-state index is 12.3. The molecule has 27 heavy (non-hydrogen) atoms. The fourth-order valence-corrected chi connectivity index (χ4v) is 4.01. The van der Waals surface area contributed by atoms with E-state index in [0.29, 0.717) is 5.75 Å². The number of nitrogens with one attached hydrogen (secondary N) is 1. The SMILES string of the molecule is Cn1c(Cc2cccs2)nnc1SCC(=O)Nc1ccc(C(C)(C)C)cc1. The zero-order valence-electron chi connectivity index (χ0n) is 16.0. The maximum Gasteiger partial charge on any atom is 0.234 e. The minimum atomic E-state index is -0.0497. The summed E-state index contributed by atoms with van der Waals surface area (Å²) in [5, 5.41) is 14.2. The second kappa shape index (κ2) is 8.27. The van der Waals surface area contributed by atoms with Crippen LogP contribution in [0.25, 0.3) is 0 Å². The van der Waals surface area contributed by atoms with E-state index in [1.807, 2.05) is 29.8 Å². The number of hydrogen-bond acceptors (Lipinski definition) is 5. The molecule has 0 aliphatic rings. The summed E-state index contributed by atoms with van der Waals surface area (Å²) < 4.78 is 1.95. The monoisotopic (exact) mass is 400 g/mol. The molecule has 0 aliphatic heterocycles. The highest BCUT2D eigenvalue weighted by molar-refractivity contribution is 7.99. The van der Waals surface area contributed by atoms with Crippen molar-refractivity contribution in [1.29, 1.82) is 0 Å². The van der Waals surface area contributed by atoms with Crippen molar-refractivity contribution in [2.45, 2.75) is 37.8 Å². The van der Waals surface area contributed by atoms with Gasteiger partial charge in [-0.1, -0.05) is 50.7 Å². The zero-order valence-corrected chi connectivity index (χ0v) is 17.7. The Bertz CT molecular complexity index is 893. The molecule has 1 N–H and O–H groups in total. The number of rotatable bonds is 6. The molecule has 1 amide bonds. The van der Waals surface area contributed by atoms with E-state index in [2.05, 4.69) is 59.9 Å². The fraction of sp³-hybridized carbons (Fsp3) is 0.350. The van der Waals surface area contributed by atoms with Gasteiger partial charge < -0.3 is 9.88 Å². The van der Waals surface area contributed by atoms with Crippen molar-refractivity contribution in [1.82, 2.24) is 14.8 Å². The first-order chi connectivity index (χ1) is 12.8. The van der Waals surface area contributed by atoms with Crippen LogP contribution in [-0.4, -0.2) is 26.4 Å². The minimum Gasteiger partial charge on any atom is -0.325 e. The summed E-state index contributed by atoms with van der Waals surface area (Å²) in [6.07, 6.45) is 0.758. The Morgan fingerprint density at radius 1 is 1.19 bits per heavy atom. The van der Waals surface area contributed by atoms with E-state index < -0.39 is 0 Å². The molecule has 3 aromatic rings. The van der Waals surface area contributed by atoms with Crippen molar-refractivity contribution in [3.63, 3.8) is 0 Å². The second-order valence-corrected chi connectivity index (χ2v) is 9.35. The summed E-state index contributed by atoms with van der Waals surface area (Å²) in [6, 6.07) is 12.1. The molecule has 0 aliphatic carbocycles. The number of thioether (sulfide) groups is 1. The first kappa shape index (κ1) is 19.6. The van der Waals surface area contributed by atoms with Crippen LogP contribution in [0.4, 0.5) is 5.69 Å². The van der Waals surface area contributed by atoms with Crippen LogP contribution in [0, 0.1) is 0 Å². The molecule has 7 heteroatoms. The van der Waals surface area contributed by atoms with Crippen molar-refractivity contribution in [2.24, 2.45) is 7.05 Å². The number of nitrogens with zero attached hydrogens (tertiary/aromatic N) is 3. The third-order valence-corrected chi connectivity index (χ3v) is 6.10. The van der Waals surface area contributed by atoms with Crippen molar-refractivity contribution >= 4 is 34.7 Å². The van der Waals surface area contributed by atoms with Gasteiger partial charge in [0.2, 0.25) is 5.91 Å². The Labute approximate surface area is 168 Å². The predicted octanol–water partition coefficient (Wildman–Crippen LogP) is 4.50. The molecule has 5 nitrogen and oxygen atoms in total. The van der Waals surface area contributed by atoms with E-state index >= 15 is 0 Å². The molecule has 0 saturated heterocycles. The quantitative estimate of drug-likeness (QED) is 0.619. The number of hydrogen-bond donors (Lipinski definition) is 1. The summed E-state index contributed by atoms with van der Waals surface area (Å²) in [5.74, 6) is 1.15. The van der Waals surface area contributed by atoms with Crippen LogP contribution in [0.1, 0.15) is 37.0 Å². The van der Waals surface area contributed by atoms with Crippen LogP contribution in [0.3, 0.4) is 0 Å². The van der Waals surface area contributed by atoms with Crippen LogP contribution < -0.4 is 5.32 Å². The van der Waals surface area contributed by atoms with Gasteiger partial charge in [-0.15, -0.1) is 21.5 Å². The van der Waals surface area contributed by atoms with Crippen LogP contribution in [-0.2, 0) is 23.7 Å². The van der Waals surface area contributed by atoms with Gasteiger partial charge >= 0.3 is 0 Å². The Balaban J connectivity index is 1.54. The van der Waals surface area contributed by atoms with E-state index in [1.165, 1.54) is 22.2 Å². The lowest BCUT2D eigenvalue weighted by molar-refractivity contribution is -0.113. The highest BCUT2D eigenvalue weighted by atomic mass is 32.2. The number of thiophene rings is 1. The first-order valence-corrected chi connectivity index (χ1v) is 10.6. The third-order valence-electron chi connectivity index (χ3n) is 4.20.